The van der Waals surface area contributed by atoms with E-state index in [2.05, 4.69) is 15.3 Å². The summed E-state index contributed by atoms with van der Waals surface area (Å²) in [6.45, 7) is 5.12. The Morgan fingerprint density at radius 3 is 2.67 bits per heavy atom. The molecule has 0 aromatic carbocycles. The molecular formula is C9H15N3. The summed E-state index contributed by atoms with van der Waals surface area (Å²) in [4.78, 5) is 8.74. The first-order chi connectivity index (χ1) is 5.86. The summed E-state index contributed by atoms with van der Waals surface area (Å²) in [5.41, 5.74) is 1.31. The van der Waals surface area contributed by atoms with Gasteiger partial charge < -0.3 is 5.32 Å². The minimum atomic E-state index is 0.701. The van der Waals surface area contributed by atoms with Crippen molar-refractivity contribution < 1.29 is 0 Å². The van der Waals surface area contributed by atoms with Crippen LogP contribution in [0.1, 0.15) is 19.8 Å². The van der Waals surface area contributed by atoms with Crippen LogP contribution < -0.4 is 5.32 Å². The second kappa shape index (κ2) is 3.35. The maximum Gasteiger partial charge on any atom is 0.120 e. The van der Waals surface area contributed by atoms with Crippen LogP contribution in [0.3, 0.4) is 0 Å². The zero-order chi connectivity index (χ0) is 8.39. The Labute approximate surface area is 73.0 Å². The zero-order valence-electron chi connectivity index (χ0n) is 7.51. The topological polar surface area (TPSA) is 36.8 Å². The SMILES string of the molecule is CC1=NCC(C2CCNCC2)=N1. The second-order valence-corrected chi connectivity index (χ2v) is 3.49. The lowest BCUT2D eigenvalue weighted by Gasteiger charge is -2.21. The molecule has 2 aliphatic rings. The van der Waals surface area contributed by atoms with E-state index in [0.29, 0.717) is 5.92 Å². The van der Waals surface area contributed by atoms with Gasteiger partial charge in [-0.25, -0.2) is 4.99 Å². The van der Waals surface area contributed by atoms with Crippen LogP contribution in [-0.4, -0.2) is 31.2 Å². The molecular weight excluding hydrogens is 150 g/mol. The zero-order valence-corrected chi connectivity index (χ0v) is 7.51. The Kier molecular flexibility index (Phi) is 2.21. The van der Waals surface area contributed by atoms with E-state index in [4.69, 9.17) is 0 Å². The first kappa shape index (κ1) is 7.92. The Hall–Kier alpha value is -0.700. The van der Waals surface area contributed by atoms with Gasteiger partial charge in [0.1, 0.15) is 5.84 Å². The summed E-state index contributed by atoms with van der Waals surface area (Å²) >= 11 is 0. The Morgan fingerprint density at radius 1 is 1.33 bits per heavy atom. The van der Waals surface area contributed by atoms with E-state index in [1.54, 1.807) is 0 Å². The van der Waals surface area contributed by atoms with Crippen LogP contribution in [0.15, 0.2) is 9.98 Å². The minimum absolute atomic E-state index is 0.701. The van der Waals surface area contributed by atoms with Crippen molar-refractivity contribution in [1.82, 2.24) is 5.32 Å². The van der Waals surface area contributed by atoms with Crippen LogP contribution in [0.5, 0.6) is 0 Å². The summed E-state index contributed by atoms with van der Waals surface area (Å²) in [5.74, 6) is 1.66. The summed E-state index contributed by atoms with van der Waals surface area (Å²) in [6, 6.07) is 0. The largest absolute Gasteiger partial charge is 0.317 e. The van der Waals surface area contributed by atoms with Gasteiger partial charge in [0.15, 0.2) is 0 Å². The smallest absolute Gasteiger partial charge is 0.120 e. The molecule has 3 heteroatoms. The van der Waals surface area contributed by atoms with E-state index in [-0.39, 0.29) is 0 Å². The van der Waals surface area contributed by atoms with E-state index in [9.17, 15) is 0 Å². The standard InChI is InChI=1S/C9H15N3/c1-7-11-6-9(12-7)8-2-4-10-5-3-8/h8,10H,2-6H2,1H3. The maximum absolute atomic E-state index is 4.45. The van der Waals surface area contributed by atoms with Crippen molar-refractivity contribution in [2.75, 3.05) is 19.6 Å². The maximum atomic E-state index is 4.45. The van der Waals surface area contributed by atoms with Crippen molar-refractivity contribution in [2.45, 2.75) is 19.8 Å². The first-order valence-corrected chi connectivity index (χ1v) is 4.65. The number of nitrogens with zero attached hydrogens (tertiary/aromatic N) is 2. The lowest BCUT2D eigenvalue weighted by atomic mass is 9.93. The average Bonchev–Trinajstić information content (AvgIpc) is 2.54. The Balaban J connectivity index is 1.96. The molecule has 0 saturated carbocycles. The van der Waals surface area contributed by atoms with Gasteiger partial charge in [0, 0.05) is 11.6 Å². The number of aliphatic imine (C=N–C) groups is 2. The number of amidine groups is 1. The van der Waals surface area contributed by atoms with Gasteiger partial charge in [-0.1, -0.05) is 0 Å². The van der Waals surface area contributed by atoms with Gasteiger partial charge in [0.05, 0.1) is 6.54 Å². The molecule has 1 fully saturated rings. The molecule has 12 heavy (non-hydrogen) atoms. The lowest BCUT2D eigenvalue weighted by molar-refractivity contribution is 0.455. The fourth-order valence-electron chi connectivity index (χ4n) is 1.85. The van der Waals surface area contributed by atoms with Crippen molar-refractivity contribution in [3.63, 3.8) is 0 Å². The van der Waals surface area contributed by atoms with Gasteiger partial charge in [0.2, 0.25) is 0 Å². The van der Waals surface area contributed by atoms with Crippen LogP contribution >= 0.6 is 0 Å². The predicted molar refractivity (Wildman–Crippen MR) is 51.0 cm³/mol. The van der Waals surface area contributed by atoms with Gasteiger partial charge in [-0.2, -0.15) is 0 Å². The van der Waals surface area contributed by atoms with Crippen molar-refractivity contribution in [3.05, 3.63) is 0 Å². The molecule has 0 bridgehead atoms. The Morgan fingerprint density at radius 2 is 2.08 bits per heavy atom. The van der Waals surface area contributed by atoms with E-state index in [1.165, 1.54) is 18.6 Å². The lowest BCUT2D eigenvalue weighted by Crippen LogP contribution is -2.32. The van der Waals surface area contributed by atoms with E-state index >= 15 is 0 Å². The van der Waals surface area contributed by atoms with Crippen molar-refractivity contribution in [2.24, 2.45) is 15.9 Å². The highest BCUT2D eigenvalue weighted by Gasteiger charge is 2.20. The van der Waals surface area contributed by atoms with Crippen LogP contribution in [0.2, 0.25) is 0 Å². The molecule has 66 valence electrons. The minimum Gasteiger partial charge on any atom is -0.317 e. The predicted octanol–water partition coefficient (Wildman–Crippen LogP) is 0.859. The third kappa shape index (κ3) is 1.55. The molecule has 0 spiro atoms. The fraction of sp³-hybridized carbons (Fsp3) is 0.778. The number of hydrogen-bond donors (Lipinski definition) is 1. The second-order valence-electron chi connectivity index (χ2n) is 3.49. The normalized spacial score (nSPS) is 25.4. The fourth-order valence-corrected chi connectivity index (χ4v) is 1.85. The van der Waals surface area contributed by atoms with Gasteiger partial charge in [0.25, 0.3) is 0 Å². The number of piperidine rings is 1. The van der Waals surface area contributed by atoms with Gasteiger partial charge in [-0.15, -0.1) is 0 Å². The first-order valence-electron chi connectivity index (χ1n) is 4.65. The average molecular weight is 165 g/mol. The number of nitrogens with one attached hydrogen (secondary N) is 1. The quantitative estimate of drug-likeness (QED) is 0.614. The molecule has 2 heterocycles. The molecule has 0 aromatic heterocycles. The molecule has 3 nitrogen and oxygen atoms in total. The third-order valence-electron chi connectivity index (χ3n) is 2.59. The summed E-state index contributed by atoms with van der Waals surface area (Å²) in [7, 11) is 0. The summed E-state index contributed by atoms with van der Waals surface area (Å²) < 4.78 is 0. The van der Waals surface area contributed by atoms with Crippen LogP contribution in [0, 0.1) is 5.92 Å². The third-order valence-corrected chi connectivity index (χ3v) is 2.59. The highest BCUT2D eigenvalue weighted by atomic mass is 15.0. The molecule has 0 atom stereocenters. The molecule has 1 saturated heterocycles. The van der Waals surface area contributed by atoms with Crippen molar-refractivity contribution in [1.29, 1.82) is 0 Å². The Bertz CT molecular complexity index is 224. The highest BCUT2D eigenvalue weighted by Crippen LogP contribution is 2.16. The molecule has 1 N–H and O–H groups in total. The van der Waals surface area contributed by atoms with Crippen LogP contribution in [0.4, 0.5) is 0 Å². The van der Waals surface area contributed by atoms with Crippen molar-refractivity contribution in [3.8, 4) is 0 Å². The van der Waals surface area contributed by atoms with Gasteiger partial charge >= 0.3 is 0 Å². The van der Waals surface area contributed by atoms with Gasteiger partial charge in [-0.3, -0.25) is 4.99 Å². The molecule has 2 rings (SSSR count). The van der Waals surface area contributed by atoms with Crippen LogP contribution in [-0.2, 0) is 0 Å². The monoisotopic (exact) mass is 165 g/mol. The number of rotatable bonds is 1. The van der Waals surface area contributed by atoms with E-state index < -0.39 is 0 Å². The number of hydrogen-bond acceptors (Lipinski definition) is 3. The molecule has 0 unspecified atom stereocenters. The summed E-state index contributed by atoms with van der Waals surface area (Å²) in [5, 5.41) is 3.36. The van der Waals surface area contributed by atoms with Crippen molar-refractivity contribution >= 4 is 11.5 Å². The van der Waals surface area contributed by atoms with E-state index in [0.717, 1.165) is 25.5 Å². The highest BCUT2D eigenvalue weighted by molar-refractivity contribution is 6.04. The molecule has 0 aliphatic carbocycles. The molecule has 0 radical (unpaired) electrons. The van der Waals surface area contributed by atoms with Crippen LogP contribution in [0.25, 0.3) is 0 Å². The van der Waals surface area contributed by atoms with Gasteiger partial charge in [-0.05, 0) is 32.9 Å². The molecule has 0 amide bonds. The summed E-state index contributed by atoms with van der Waals surface area (Å²) in [6.07, 6.45) is 2.48. The van der Waals surface area contributed by atoms with E-state index in [1.807, 2.05) is 6.92 Å². The molecule has 0 aromatic rings. The molecule has 2 aliphatic heterocycles.